The van der Waals surface area contributed by atoms with Crippen LogP contribution in [0.4, 0.5) is 0 Å². The molecule has 0 aliphatic rings. The number of hydrogen-bond acceptors (Lipinski definition) is 1. The number of thiocarbonyl (C=S) groups is 1. The third-order valence-corrected chi connectivity index (χ3v) is 1.72. The summed E-state index contributed by atoms with van der Waals surface area (Å²) in [5.74, 6) is 0. The summed E-state index contributed by atoms with van der Waals surface area (Å²) in [7, 11) is 0. The van der Waals surface area contributed by atoms with Crippen LogP contribution in [-0.4, -0.2) is 5.37 Å². The van der Waals surface area contributed by atoms with E-state index in [1.54, 1.807) is 0 Å². The fraction of sp³-hybridized carbons (Fsp3) is 0.222. The normalized spacial score (nSPS) is 9.30. The molecule has 0 amide bonds. The highest BCUT2D eigenvalue weighted by Crippen LogP contribution is 2.02. The fourth-order valence-corrected chi connectivity index (χ4v) is 0.945. The van der Waals surface area contributed by atoms with Gasteiger partial charge in [0.05, 0.1) is 5.37 Å². The van der Waals surface area contributed by atoms with Gasteiger partial charge in [0.25, 0.3) is 0 Å². The molecule has 0 saturated carbocycles. The summed E-state index contributed by atoms with van der Waals surface area (Å²) in [6.07, 6.45) is 1.08. The van der Waals surface area contributed by atoms with Crippen molar-refractivity contribution in [3.63, 3.8) is 0 Å². The average molecular weight is 149 g/mol. The van der Waals surface area contributed by atoms with Crippen LogP contribution < -0.4 is 0 Å². The Kier molecular flexibility index (Phi) is 2.57. The van der Waals surface area contributed by atoms with E-state index in [0.717, 1.165) is 12.0 Å². The molecule has 1 aromatic rings. The molecule has 0 fully saturated rings. The van der Waals surface area contributed by atoms with E-state index in [-0.39, 0.29) is 0 Å². The maximum absolute atomic E-state index is 4.65. The van der Waals surface area contributed by atoms with Crippen molar-refractivity contribution in [2.24, 2.45) is 0 Å². The summed E-state index contributed by atoms with van der Waals surface area (Å²) in [5.41, 5.74) is 2.33. The Morgan fingerprint density at radius 1 is 1.30 bits per heavy atom. The predicted octanol–water partition coefficient (Wildman–Crippen LogP) is 2.47. The van der Waals surface area contributed by atoms with Crippen molar-refractivity contribution in [2.75, 3.05) is 0 Å². The van der Waals surface area contributed by atoms with E-state index in [4.69, 9.17) is 0 Å². The minimum atomic E-state index is 0.993. The van der Waals surface area contributed by atoms with Gasteiger partial charge in [-0.3, -0.25) is 0 Å². The predicted molar refractivity (Wildman–Crippen MR) is 47.5 cm³/mol. The molecule has 0 bridgehead atoms. The van der Waals surface area contributed by atoms with Gasteiger partial charge in [0, 0.05) is 0 Å². The minimum Gasteiger partial charge on any atom is -0.0778 e. The molecule has 1 rings (SSSR count). The summed E-state index contributed by atoms with van der Waals surface area (Å²) in [6.45, 7) is 2.14. The summed E-state index contributed by atoms with van der Waals surface area (Å²) < 4.78 is 0. The lowest BCUT2D eigenvalue weighted by molar-refractivity contribution is 1.14. The SMILES string of the molecule is CCc1ccc([C]=S)cc1. The van der Waals surface area contributed by atoms with E-state index < -0.39 is 0 Å². The Morgan fingerprint density at radius 3 is 2.30 bits per heavy atom. The average Bonchev–Trinajstić information content (AvgIpc) is 2.05. The van der Waals surface area contributed by atoms with Gasteiger partial charge in [-0.15, -0.1) is 0 Å². The first-order valence-corrected chi connectivity index (χ1v) is 3.74. The molecule has 0 aliphatic carbocycles. The maximum Gasteiger partial charge on any atom is 0.0636 e. The van der Waals surface area contributed by atoms with Crippen LogP contribution in [0.25, 0.3) is 0 Å². The molecule has 1 heteroatoms. The number of rotatable bonds is 2. The molecule has 0 saturated heterocycles. The molecular weight excluding hydrogens is 140 g/mol. The van der Waals surface area contributed by atoms with Gasteiger partial charge in [0.2, 0.25) is 0 Å². The molecule has 0 unspecified atom stereocenters. The lowest BCUT2D eigenvalue weighted by Crippen LogP contribution is -1.81. The highest BCUT2D eigenvalue weighted by molar-refractivity contribution is 7.79. The van der Waals surface area contributed by atoms with E-state index in [0.29, 0.717) is 0 Å². The third-order valence-electron chi connectivity index (χ3n) is 1.48. The zero-order valence-corrected chi connectivity index (χ0v) is 6.74. The van der Waals surface area contributed by atoms with E-state index >= 15 is 0 Å². The van der Waals surface area contributed by atoms with Crippen LogP contribution in [0, 0.1) is 0 Å². The first kappa shape index (κ1) is 7.42. The van der Waals surface area contributed by atoms with Crippen LogP contribution in [0.5, 0.6) is 0 Å². The van der Waals surface area contributed by atoms with Crippen molar-refractivity contribution in [2.45, 2.75) is 13.3 Å². The Balaban J connectivity index is 2.90. The highest BCUT2D eigenvalue weighted by Gasteiger charge is 1.87. The van der Waals surface area contributed by atoms with Crippen molar-refractivity contribution in [1.82, 2.24) is 0 Å². The van der Waals surface area contributed by atoms with Crippen molar-refractivity contribution in [1.29, 1.82) is 0 Å². The number of aryl methyl sites for hydroxylation is 1. The molecule has 51 valence electrons. The van der Waals surface area contributed by atoms with Crippen molar-refractivity contribution in [3.8, 4) is 0 Å². The molecule has 0 spiro atoms. The number of hydrogen-bond donors (Lipinski definition) is 0. The fourth-order valence-electron chi connectivity index (χ4n) is 0.808. The topological polar surface area (TPSA) is 0 Å². The minimum absolute atomic E-state index is 0.993. The lowest BCUT2D eigenvalue weighted by Gasteiger charge is -1.94. The largest absolute Gasteiger partial charge is 0.0778 e. The summed E-state index contributed by atoms with van der Waals surface area (Å²) in [5, 5.41) is 2.66. The second-order valence-corrected chi connectivity index (χ2v) is 2.36. The highest BCUT2D eigenvalue weighted by atomic mass is 32.1. The van der Waals surface area contributed by atoms with Gasteiger partial charge in [-0.1, -0.05) is 43.4 Å². The van der Waals surface area contributed by atoms with Crippen molar-refractivity contribution < 1.29 is 0 Å². The van der Waals surface area contributed by atoms with Crippen LogP contribution in [0.15, 0.2) is 24.3 Å². The standard InChI is InChI=1S/C9H9S/c1-2-8-3-5-9(7-10)6-4-8/h3-6H,2H2,1H3. The van der Waals surface area contributed by atoms with E-state index in [9.17, 15) is 0 Å². The van der Waals surface area contributed by atoms with Crippen molar-refractivity contribution in [3.05, 3.63) is 35.4 Å². The van der Waals surface area contributed by atoms with Gasteiger partial charge in [-0.25, -0.2) is 0 Å². The van der Waals surface area contributed by atoms with Crippen LogP contribution in [-0.2, 0) is 6.42 Å². The first-order valence-electron chi connectivity index (χ1n) is 3.34. The molecule has 0 aliphatic heterocycles. The zero-order valence-electron chi connectivity index (χ0n) is 5.92. The van der Waals surface area contributed by atoms with E-state index in [1.807, 2.05) is 12.1 Å². The summed E-state index contributed by atoms with van der Waals surface area (Å²) in [6, 6.07) is 8.14. The molecule has 0 nitrogen and oxygen atoms in total. The van der Waals surface area contributed by atoms with Crippen LogP contribution >= 0.6 is 12.2 Å². The summed E-state index contributed by atoms with van der Waals surface area (Å²) in [4.78, 5) is 0. The molecular formula is C9H9S. The Bertz CT molecular complexity index is 211. The molecule has 1 radical (unpaired) electrons. The smallest absolute Gasteiger partial charge is 0.0636 e. The zero-order chi connectivity index (χ0) is 7.40. The molecule has 0 atom stereocenters. The van der Waals surface area contributed by atoms with Gasteiger partial charge in [0.1, 0.15) is 0 Å². The van der Waals surface area contributed by atoms with Crippen LogP contribution in [0.2, 0.25) is 0 Å². The molecule has 0 aromatic heterocycles. The molecule has 0 N–H and O–H groups in total. The van der Waals surface area contributed by atoms with Gasteiger partial charge >= 0.3 is 0 Å². The first-order chi connectivity index (χ1) is 4.86. The second kappa shape index (κ2) is 3.47. The van der Waals surface area contributed by atoms with Crippen LogP contribution in [0.3, 0.4) is 0 Å². The van der Waals surface area contributed by atoms with E-state index in [2.05, 4.69) is 36.6 Å². The maximum atomic E-state index is 4.65. The van der Waals surface area contributed by atoms with Gasteiger partial charge in [-0.2, -0.15) is 0 Å². The quantitative estimate of drug-likeness (QED) is 0.582. The molecule has 0 heterocycles. The van der Waals surface area contributed by atoms with Gasteiger partial charge in [-0.05, 0) is 17.5 Å². The van der Waals surface area contributed by atoms with Gasteiger partial charge < -0.3 is 0 Å². The second-order valence-electron chi connectivity index (χ2n) is 2.15. The Morgan fingerprint density at radius 2 is 1.90 bits per heavy atom. The molecule has 1 aromatic carbocycles. The van der Waals surface area contributed by atoms with Gasteiger partial charge in [0.15, 0.2) is 0 Å². The Hall–Kier alpha value is -0.690. The number of benzene rings is 1. The molecule has 10 heavy (non-hydrogen) atoms. The van der Waals surface area contributed by atoms with Crippen LogP contribution in [0.1, 0.15) is 18.1 Å². The third kappa shape index (κ3) is 1.64. The monoisotopic (exact) mass is 149 g/mol. The summed E-state index contributed by atoms with van der Waals surface area (Å²) >= 11 is 4.65. The Labute approximate surface area is 66.9 Å². The van der Waals surface area contributed by atoms with E-state index in [1.165, 1.54) is 5.56 Å². The lowest BCUT2D eigenvalue weighted by atomic mass is 10.1. The van der Waals surface area contributed by atoms with Crippen molar-refractivity contribution >= 4 is 17.6 Å².